The third-order valence-electron chi connectivity index (χ3n) is 5.63. The lowest BCUT2D eigenvalue weighted by molar-refractivity contribution is -0.134. The molecule has 3 N–H and O–H groups in total. The van der Waals surface area contributed by atoms with Crippen LogP contribution in [-0.2, 0) is 19.6 Å². The molecule has 3 saturated heterocycles. The molecule has 182 valence electrons. The smallest absolute Gasteiger partial charge is 0.328 e. The maximum atomic E-state index is 11.3. The second kappa shape index (κ2) is 11.2. The lowest BCUT2D eigenvalue weighted by Gasteiger charge is -2.44. The number of piperidine rings is 3. The fourth-order valence-electron chi connectivity index (χ4n) is 4.03. The molecule has 0 radical (unpaired) electrons. The number of nitrogens with zero attached hydrogens (tertiary/aromatic N) is 1. The Bertz CT molecular complexity index is 1100. The molecule has 0 saturated carbocycles. The molecule has 10 heteroatoms. The summed E-state index contributed by atoms with van der Waals surface area (Å²) in [6.45, 7) is 3.47. The molecule has 3 aliphatic rings. The molecule has 0 aliphatic carbocycles. The van der Waals surface area contributed by atoms with Crippen molar-refractivity contribution in [2.45, 2.75) is 18.9 Å². The van der Waals surface area contributed by atoms with E-state index in [1.54, 1.807) is 12.1 Å². The van der Waals surface area contributed by atoms with Crippen LogP contribution in [0, 0.1) is 5.92 Å². The molecule has 0 spiro atoms. The SMILES string of the molecule is CS(=O)(=O)Nc1ccc(-c2ccc(OC3CN4CCC3CC4)cc2)cc1.O=C(O)C=CC(=O)O. The minimum absolute atomic E-state index is 0.310. The van der Waals surface area contributed by atoms with Gasteiger partial charge < -0.3 is 14.9 Å². The Hall–Kier alpha value is -3.37. The topological polar surface area (TPSA) is 133 Å². The largest absolute Gasteiger partial charge is 0.489 e. The fourth-order valence-corrected chi connectivity index (χ4v) is 4.60. The molecule has 5 rings (SSSR count). The normalized spacial score (nSPS) is 21.4. The van der Waals surface area contributed by atoms with Crippen LogP contribution in [0.1, 0.15) is 12.8 Å². The van der Waals surface area contributed by atoms with Gasteiger partial charge in [0.15, 0.2) is 0 Å². The standard InChI is InChI=1S/C20H24N2O3S.C4H4O4/c1-26(23,24)21-18-6-2-15(3-7-18)16-4-8-19(9-5-16)25-20-14-22-12-10-17(20)11-13-22;5-3(6)1-2-4(7)8/h2-9,17,20-21H,10-14H2,1H3;1-2H,(H,5,6)(H,7,8). The highest BCUT2D eigenvalue weighted by Gasteiger charge is 2.35. The lowest BCUT2D eigenvalue weighted by Crippen LogP contribution is -2.52. The third kappa shape index (κ3) is 7.89. The molecule has 2 aromatic carbocycles. The average Bonchev–Trinajstić information content (AvgIpc) is 2.79. The maximum Gasteiger partial charge on any atom is 0.328 e. The van der Waals surface area contributed by atoms with E-state index in [0.29, 0.717) is 29.9 Å². The molecule has 0 aromatic heterocycles. The third-order valence-corrected chi connectivity index (χ3v) is 6.23. The zero-order valence-electron chi connectivity index (χ0n) is 18.8. The highest BCUT2D eigenvalue weighted by atomic mass is 32.2. The number of fused-ring (bicyclic) bond motifs is 3. The predicted octanol–water partition coefficient (Wildman–Crippen LogP) is 2.91. The van der Waals surface area contributed by atoms with Crippen LogP contribution in [0.5, 0.6) is 5.75 Å². The van der Waals surface area contributed by atoms with Crippen LogP contribution in [0.4, 0.5) is 5.69 Å². The first-order valence-electron chi connectivity index (χ1n) is 10.8. The monoisotopic (exact) mass is 488 g/mol. The quantitative estimate of drug-likeness (QED) is 0.507. The van der Waals surface area contributed by atoms with Gasteiger partial charge in [0.1, 0.15) is 11.9 Å². The van der Waals surface area contributed by atoms with Crippen molar-refractivity contribution < 1.29 is 33.0 Å². The summed E-state index contributed by atoms with van der Waals surface area (Å²) >= 11 is 0. The number of rotatable bonds is 7. The van der Waals surface area contributed by atoms with Gasteiger partial charge in [0, 0.05) is 24.4 Å². The molecular formula is C24H28N2O7S. The number of hydrogen-bond donors (Lipinski definition) is 3. The maximum absolute atomic E-state index is 11.3. The van der Waals surface area contributed by atoms with Gasteiger partial charge in [-0.3, -0.25) is 9.62 Å². The second-order valence-corrected chi connectivity index (χ2v) is 10.0. The van der Waals surface area contributed by atoms with Crippen LogP contribution in [0.25, 0.3) is 11.1 Å². The molecule has 9 nitrogen and oxygen atoms in total. The molecule has 3 aliphatic heterocycles. The van der Waals surface area contributed by atoms with E-state index < -0.39 is 22.0 Å². The first kappa shape index (κ1) is 25.3. The van der Waals surface area contributed by atoms with E-state index >= 15 is 0 Å². The van der Waals surface area contributed by atoms with Gasteiger partial charge in [-0.15, -0.1) is 0 Å². The molecule has 2 aromatic rings. The number of benzene rings is 2. The van der Waals surface area contributed by atoms with Gasteiger partial charge in [0.25, 0.3) is 0 Å². The lowest BCUT2D eigenvalue weighted by atomic mass is 9.86. The highest BCUT2D eigenvalue weighted by Crippen LogP contribution is 2.31. The van der Waals surface area contributed by atoms with Crippen LogP contribution in [-0.4, -0.2) is 67.5 Å². The predicted molar refractivity (Wildman–Crippen MR) is 128 cm³/mol. The summed E-state index contributed by atoms with van der Waals surface area (Å²) in [5, 5.41) is 15.6. The van der Waals surface area contributed by atoms with Gasteiger partial charge in [-0.05, 0) is 67.2 Å². The molecule has 1 atom stereocenters. The van der Waals surface area contributed by atoms with Crippen molar-refractivity contribution in [2.24, 2.45) is 5.92 Å². The Kier molecular flexibility index (Phi) is 8.30. The van der Waals surface area contributed by atoms with E-state index in [1.165, 1.54) is 25.9 Å². The van der Waals surface area contributed by atoms with Crippen molar-refractivity contribution >= 4 is 27.6 Å². The molecule has 3 fully saturated rings. The van der Waals surface area contributed by atoms with E-state index in [1.807, 2.05) is 24.3 Å². The Balaban J connectivity index is 0.000000350. The van der Waals surface area contributed by atoms with Gasteiger partial charge in [0.05, 0.1) is 6.26 Å². The summed E-state index contributed by atoms with van der Waals surface area (Å²) in [4.78, 5) is 21.6. The van der Waals surface area contributed by atoms with Gasteiger partial charge in [-0.2, -0.15) is 0 Å². The van der Waals surface area contributed by atoms with Crippen molar-refractivity contribution in [2.75, 3.05) is 30.6 Å². The Morgan fingerprint density at radius 2 is 1.44 bits per heavy atom. The summed E-state index contributed by atoms with van der Waals surface area (Å²) < 4.78 is 31.3. The van der Waals surface area contributed by atoms with Gasteiger partial charge in [-0.1, -0.05) is 24.3 Å². The molecule has 3 heterocycles. The summed E-state index contributed by atoms with van der Waals surface area (Å²) in [7, 11) is -3.25. The number of ether oxygens (including phenoxy) is 1. The van der Waals surface area contributed by atoms with Crippen molar-refractivity contribution in [1.29, 1.82) is 0 Å². The van der Waals surface area contributed by atoms with Crippen LogP contribution < -0.4 is 9.46 Å². The summed E-state index contributed by atoms with van der Waals surface area (Å²) in [6, 6.07) is 15.5. The van der Waals surface area contributed by atoms with Crippen molar-refractivity contribution in [1.82, 2.24) is 4.90 Å². The number of hydrogen-bond acceptors (Lipinski definition) is 6. The number of sulfonamides is 1. The molecule has 1 unspecified atom stereocenters. The molecule has 2 bridgehead atoms. The van der Waals surface area contributed by atoms with Crippen LogP contribution in [0.15, 0.2) is 60.7 Å². The number of carboxylic acids is 2. The van der Waals surface area contributed by atoms with Crippen molar-refractivity contribution in [3.05, 3.63) is 60.7 Å². The average molecular weight is 489 g/mol. The second-order valence-electron chi connectivity index (χ2n) is 8.28. The van der Waals surface area contributed by atoms with E-state index in [9.17, 15) is 18.0 Å². The van der Waals surface area contributed by atoms with Gasteiger partial charge >= 0.3 is 11.9 Å². The van der Waals surface area contributed by atoms with Gasteiger partial charge in [0.2, 0.25) is 10.0 Å². The number of carboxylic acid groups (broad SMARTS) is 2. The highest BCUT2D eigenvalue weighted by molar-refractivity contribution is 7.92. The number of anilines is 1. The summed E-state index contributed by atoms with van der Waals surface area (Å²) in [6.07, 6.45) is 5.07. The fraction of sp³-hybridized carbons (Fsp3) is 0.333. The molecule has 0 amide bonds. The number of aliphatic carboxylic acids is 2. The van der Waals surface area contributed by atoms with E-state index in [4.69, 9.17) is 14.9 Å². The van der Waals surface area contributed by atoms with E-state index in [0.717, 1.165) is 29.7 Å². The van der Waals surface area contributed by atoms with E-state index in [2.05, 4.69) is 21.8 Å². The van der Waals surface area contributed by atoms with E-state index in [-0.39, 0.29) is 0 Å². The van der Waals surface area contributed by atoms with Crippen LogP contribution >= 0.6 is 0 Å². The first-order valence-corrected chi connectivity index (χ1v) is 12.7. The zero-order chi connectivity index (χ0) is 24.7. The Morgan fingerprint density at radius 3 is 1.85 bits per heavy atom. The van der Waals surface area contributed by atoms with Crippen molar-refractivity contribution in [3.63, 3.8) is 0 Å². The number of carbonyl (C=O) groups is 2. The Morgan fingerprint density at radius 1 is 0.941 bits per heavy atom. The molecule has 34 heavy (non-hydrogen) atoms. The van der Waals surface area contributed by atoms with Gasteiger partial charge in [-0.25, -0.2) is 18.0 Å². The number of nitrogens with one attached hydrogen (secondary N) is 1. The first-order chi connectivity index (χ1) is 16.1. The van der Waals surface area contributed by atoms with Crippen LogP contribution in [0.2, 0.25) is 0 Å². The molecular weight excluding hydrogens is 460 g/mol. The summed E-state index contributed by atoms with van der Waals surface area (Å²) in [5.41, 5.74) is 2.69. The zero-order valence-corrected chi connectivity index (χ0v) is 19.6. The minimum atomic E-state index is -3.25. The summed E-state index contributed by atoms with van der Waals surface area (Å²) in [5.74, 6) is -0.905. The minimum Gasteiger partial charge on any atom is -0.489 e. The van der Waals surface area contributed by atoms with Crippen molar-refractivity contribution in [3.8, 4) is 16.9 Å². The van der Waals surface area contributed by atoms with Crippen LogP contribution in [0.3, 0.4) is 0 Å². The Labute approximate surface area is 198 Å².